The highest BCUT2D eigenvalue weighted by Gasteiger charge is 2.00. The van der Waals surface area contributed by atoms with Gasteiger partial charge in [0.25, 0.3) is 0 Å². The summed E-state index contributed by atoms with van der Waals surface area (Å²) in [4.78, 5) is 21.2. The number of rotatable bonds is 16. The van der Waals surface area contributed by atoms with E-state index in [2.05, 4.69) is 6.92 Å². The van der Waals surface area contributed by atoms with Gasteiger partial charge in [0.1, 0.15) is 12.1 Å². The number of hydrogen-bond donors (Lipinski definition) is 0. The third-order valence-electron chi connectivity index (χ3n) is 3.87. The van der Waals surface area contributed by atoms with Gasteiger partial charge in [-0.1, -0.05) is 84.0 Å². The Bertz CT molecular complexity index is 223. The van der Waals surface area contributed by atoms with Crippen LogP contribution in [0, 0.1) is 0 Å². The topological polar surface area (TPSA) is 34.1 Å². The molecule has 0 fully saturated rings. The molecule has 118 valence electrons. The summed E-state index contributed by atoms with van der Waals surface area (Å²) in [5.74, 6) is 0.100. The Morgan fingerprint density at radius 1 is 0.700 bits per heavy atom. The summed E-state index contributed by atoms with van der Waals surface area (Å²) in [7, 11) is 0. The molecule has 0 aromatic rings. The molecule has 0 N–H and O–H groups in total. The molecule has 0 atom stereocenters. The molecule has 0 aromatic heterocycles. The zero-order valence-corrected chi connectivity index (χ0v) is 13.5. The largest absolute Gasteiger partial charge is 0.303 e. The van der Waals surface area contributed by atoms with Gasteiger partial charge in [-0.2, -0.15) is 0 Å². The Hall–Kier alpha value is -0.660. The van der Waals surface area contributed by atoms with Gasteiger partial charge in [-0.25, -0.2) is 0 Å². The SMILES string of the molecule is CCCCCCCCCCCCCCCC(=O)CC=O. The van der Waals surface area contributed by atoms with Crippen LogP contribution in [0.4, 0.5) is 0 Å². The van der Waals surface area contributed by atoms with Crippen LogP contribution in [0.5, 0.6) is 0 Å². The molecular weight excluding hydrogens is 248 g/mol. The van der Waals surface area contributed by atoms with Crippen LogP contribution in [0.1, 0.15) is 103 Å². The first-order valence-electron chi connectivity index (χ1n) is 8.76. The molecule has 0 unspecified atom stereocenters. The van der Waals surface area contributed by atoms with Crippen LogP contribution in [0.15, 0.2) is 0 Å². The summed E-state index contributed by atoms with van der Waals surface area (Å²) >= 11 is 0. The number of Topliss-reactive ketones (excluding diaryl/α,β-unsaturated/α-hetero) is 1. The van der Waals surface area contributed by atoms with Crippen LogP contribution < -0.4 is 0 Å². The normalized spacial score (nSPS) is 10.7. The summed E-state index contributed by atoms with van der Waals surface area (Å²) in [6, 6.07) is 0. The van der Waals surface area contributed by atoms with E-state index in [0.29, 0.717) is 12.7 Å². The molecule has 0 aliphatic rings. The van der Waals surface area contributed by atoms with Gasteiger partial charge in [0.2, 0.25) is 0 Å². The molecule has 0 aliphatic carbocycles. The maximum atomic E-state index is 11.1. The first-order chi connectivity index (χ1) is 9.81. The molecule has 2 heteroatoms. The molecule has 0 saturated carbocycles. The third-order valence-corrected chi connectivity index (χ3v) is 3.87. The number of unbranched alkanes of at least 4 members (excludes halogenated alkanes) is 12. The molecule has 2 nitrogen and oxygen atoms in total. The van der Waals surface area contributed by atoms with Crippen molar-refractivity contribution in [3.63, 3.8) is 0 Å². The van der Waals surface area contributed by atoms with Crippen molar-refractivity contribution < 1.29 is 9.59 Å². The molecule has 0 radical (unpaired) electrons. The first-order valence-corrected chi connectivity index (χ1v) is 8.76. The van der Waals surface area contributed by atoms with E-state index in [-0.39, 0.29) is 12.2 Å². The predicted octanol–water partition coefficient (Wildman–Crippen LogP) is 5.63. The Balaban J connectivity index is 3.02. The van der Waals surface area contributed by atoms with Gasteiger partial charge in [0.05, 0.1) is 6.42 Å². The fourth-order valence-corrected chi connectivity index (χ4v) is 2.53. The minimum atomic E-state index is 0.100. The van der Waals surface area contributed by atoms with E-state index >= 15 is 0 Å². The molecule has 0 amide bonds. The van der Waals surface area contributed by atoms with E-state index < -0.39 is 0 Å². The molecule has 20 heavy (non-hydrogen) atoms. The van der Waals surface area contributed by atoms with E-state index in [1.165, 1.54) is 70.6 Å². The number of aldehydes is 1. The molecular formula is C18H34O2. The van der Waals surface area contributed by atoms with E-state index in [0.717, 1.165) is 12.8 Å². The fraction of sp³-hybridized carbons (Fsp3) is 0.889. The molecule has 0 heterocycles. The van der Waals surface area contributed by atoms with Crippen molar-refractivity contribution in [3.8, 4) is 0 Å². The fourth-order valence-electron chi connectivity index (χ4n) is 2.53. The Kier molecular flexibility index (Phi) is 15.9. The number of ketones is 1. The summed E-state index contributed by atoms with van der Waals surface area (Å²) in [5, 5.41) is 0. The lowest BCUT2D eigenvalue weighted by atomic mass is 10.0. The van der Waals surface area contributed by atoms with Crippen LogP contribution in [0.25, 0.3) is 0 Å². The lowest BCUT2D eigenvalue weighted by Gasteiger charge is -2.02. The van der Waals surface area contributed by atoms with E-state index in [1.807, 2.05) is 0 Å². The molecule has 0 saturated heterocycles. The minimum absolute atomic E-state index is 0.100. The van der Waals surface area contributed by atoms with Gasteiger partial charge < -0.3 is 4.79 Å². The quantitative estimate of drug-likeness (QED) is 0.209. The highest BCUT2D eigenvalue weighted by Crippen LogP contribution is 2.13. The van der Waals surface area contributed by atoms with Gasteiger partial charge in [0, 0.05) is 6.42 Å². The van der Waals surface area contributed by atoms with Crippen molar-refractivity contribution in [2.45, 2.75) is 103 Å². The molecule has 0 bridgehead atoms. The van der Waals surface area contributed by atoms with Crippen molar-refractivity contribution in [3.05, 3.63) is 0 Å². The number of carbonyl (C=O) groups is 2. The molecule has 0 spiro atoms. The Morgan fingerprint density at radius 2 is 1.10 bits per heavy atom. The van der Waals surface area contributed by atoms with Gasteiger partial charge in [-0.15, -0.1) is 0 Å². The average Bonchev–Trinajstić information content (AvgIpc) is 2.44. The van der Waals surface area contributed by atoms with E-state index in [9.17, 15) is 9.59 Å². The second-order valence-electron chi connectivity index (χ2n) is 5.90. The smallest absolute Gasteiger partial charge is 0.139 e. The van der Waals surface area contributed by atoms with Crippen molar-refractivity contribution in [2.24, 2.45) is 0 Å². The zero-order chi connectivity index (χ0) is 14.9. The maximum absolute atomic E-state index is 11.1. The summed E-state index contributed by atoms with van der Waals surface area (Å²) in [6.07, 6.45) is 18.6. The van der Waals surface area contributed by atoms with Gasteiger partial charge >= 0.3 is 0 Å². The zero-order valence-electron chi connectivity index (χ0n) is 13.5. The third kappa shape index (κ3) is 15.4. The summed E-state index contributed by atoms with van der Waals surface area (Å²) < 4.78 is 0. The summed E-state index contributed by atoms with van der Waals surface area (Å²) in [6.45, 7) is 2.26. The maximum Gasteiger partial charge on any atom is 0.139 e. The van der Waals surface area contributed by atoms with Crippen molar-refractivity contribution >= 4 is 12.1 Å². The monoisotopic (exact) mass is 282 g/mol. The highest BCUT2D eigenvalue weighted by atomic mass is 16.1. The highest BCUT2D eigenvalue weighted by molar-refractivity contribution is 5.89. The summed E-state index contributed by atoms with van der Waals surface area (Å²) in [5.41, 5.74) is 0. The van der Waals surface area contributed by atoms with E-state index in [4.69, 9.17) is 0 Å². The average molecular weight is 282 g/mol. The minimum Gasteiger partial charge on any atom is -0.303 e. The molecule has 0 aromatic carbocycles. The van der Waals surface area contributed by atoms with Gasteiger partial charge in [0.15, 0.2) is 0 Å². The number of hydrogen-bond acceptors (Lipinski definition) is 2. The van der Waals surface area contributed by atoms with Crippen LogP contribution >= 0.6 is 0 Å². The van der Waals surface area contributed by atoms with Crippen LogP contribution in [0.3, 0.4) is 0 Å². The Labute approximate surface area is 125 Å². The lowest BCUT2D eigenvalue weighted by molar-refractivity contribution is -0.122. The standard InChI is InChI=1S/C18H34O2/c1-2-3-4-5-6-7-8-9-10-11-12-13-14-15-18(20)16-17-19/h17H,2-16H2,1H3. The number of carbonyl (C=O) groups excluding carboxylic acids is 2. The lowest BCUT2D eigenvalue weighted by Crippen LogP contribution is -1.97. The second-order valence-corrected chi connectivity index (χ2v) is 5.90. The predicted molar refractivity (Wildman–Crippen MR) is 86.0 cm³/mol. The van der Waals surface area contributed by atoms with Crippen LogP contribution in [-0.2, 0) is 9.59 Å². The van der Waals surface area contributed by atoms with Crippen molar-refractivity contribution in [1.29, 1.82) is 0 Å². The van der Waals surface area contributed by atoms with Crippen LogP contribution in [-0.4, -0.2) is 12.1 Å². The van der Waals surface area contributed by atoms with Crippen LogP contribution in [0.2, 0.25) is 0 Å². The van der Waals surface area contributed by atoms with Crippen molar-refractivity contribution in [2.75, 3.05) is 0 Å². The van der Waals surface area contributed by atoms with Crippen molar-refractivity contribution in [1.82, 2.24) is 0 Å². The first kappa shape index (κ1) is 19.3. The second kappa shape index (κ2) is 16.4. The van der Waals surface area contributed by atoms with Gasteiger partial charge in [-0.3, -0.25) is 4.79 Å². The molecule has 0 aliphatic heterocycles. The van der Waals surface area contributed by atoms with E-state index in [1.54, 1.807) is 0 Å². The molecule has 0 rings (SSSR count). The Morgan fingerprint density at radius 3 is 1.50 bits per heavy atom. The van der Waals surface area contributed by atoms with Gasteiger partial charge in [-0.05, 0) is 6.42 Å².